The first kappa shape index (κ1) is 21.6. The minimum absolute atomic E-state index is 0.0137. The summed E-state index contributed by atoms with van der Waals surface area (Å²) in [6, 6.07) is 4.19. The molecule has 0 radical (unpaired) electrons. The van der Waals surface area contributed by atoms with E-state index in [4.69, 9.17) is 4.74 Å². The van der Waals surface area contributed by atoms with Gasteiger partial charge in [0, 0.05) is 13.1 Å². The molecule has 26 heavy (non-hydrogen) atoms. The van der Waals surface area contributed by atoms with Crippen molar-refractivity contribution in [1.29, 1.82) is 0 Å². The predicted octanol–water partition coefficient (Wildman–Crippen LogP) is 0.764. The van der Waals surface area contributed by atoms with Crippen LogP contribution in [0.3, 0.4) is 0 Å². The summed E-state index contributed by atoms with van der Waals surface area (Å²) < 4.78 is 31.8. The smallest absolute Gasteiger partial charge is 0.338 e. The maximum Gasteiger partial charge on any atom is 0.338 e. The molecule has 9 nitrogen and oxygen atoms in total. The first-order chi connectivity index (χ1) is 12.1. The SMILES string of the molecule is CC[C@H](C)NS(=O)(=O)c1ccc(C(=O)O[C@H](C)C(=O)NC(=O)NC)cc1. The van der Waals surface area contributed by atoms with Crippen LogP contribution in [0.1, 0.15) is 37.6 Å². The Bertz CT molecular complexity index is 761. The van der Waals surface area contributed by atoms with Gasteiger partial charge < -0.3 is 10.1 Å². The highest BCUT2D eigenvalue weighted by atomic mass is 32.2. The molecule has 1 aromatic rings. The van der Waals surface area contributed by atoms with E-state index in [-0.39, 0.29) is 16.5 Å². The summed E-state index contributed by atoms with van der Waals surface area (Å²) in [5.74, 6) is -1.60. The maximum absolute atomic E-state index is 12.2. The summed E-state index contributed by atoms with van der Waals surface area (Å²) in [5.41, 5.74) is 0.0760. The fraction of sp³-hybridized carbons (Fsp3) is 0.438. The second-order valence-electron chi connectivity index (χ2n) is 5.57. The Labute approximate surface area is 152 Å². The molecule has 0 bridgehead atoms. The molecule has 0 spiro atoms. The zero-order valence-corrected chi connectivity index (χ0v) is 15.8. The molecule has 2 atom stereocenters. The van der Waals surface area contributed by atoms with Crippen molar-refractivity contribution in [2.45, 2.75) is 44.2 Å². The molecule has 1 rings (SSSR count). The van der Waals surface area contributed by atoms with Crippen LogP contribution in [0.15, 0.2) is 29.2 Å². The van der Waals surface area contributed by atoms with Gasteiger partial charge in [0.2, 0.25) is 10.0 Å². The van der Waals surface area contributed by atoms with Gasteiger partial charge in [0.05, 0.1) is 10.5 Å². The van der Waals surface area contributed by atoms with Crippen molar-refractivity contribution in [2.75, 3.05) is 7.05 Å². The molecule has 144 valence electrons. The number of rotatable bonds is 7. The average molecular weight is 385 g/mol. The second-order valence-corrected chi connectivity index (χ2v) is 7.28. The molecule has 0 fully saturated rings. The van der Waals surface area contributed by atoms with Crippen molar-refractivity contribution in [1.82, 2.24) is 15.4 Å². The maximum atomic E-state index is 12.2. The van der Waals surface area contributed by atoms with Gasteiger partial charge in [0.15, 0.2) is 6.10 Å². The quantitative estimate of drug-likeness (QED) is 0.594. The molecular formula is C16H23N3O6S. The average Bonchev–Trinajstić information content (AvgIpc) is 2.60. The van der Waals surface area contributed by atoms with Crippen LogP contribution in [-0.4, -0.2) is 45.5 Å². The lowest BCUT2D eigenvalue weighted by molar-refractivity contribution is -0.127. The third-order valence-electron chi connectivity index (χ3n) is 3.49. The van der Waals surface area contributed by atoms with Gasteiger partial charge in [0.25, 0.3) is 5.91 Å². The molecule has 0 saturated heterocycles. The minimum Gasteiger partial charge on any atom is -0.449 e. The molecule has 1 aromatic carbocycles. The molecule has 3 N–H and O–H groups in total. The van der Waals surface area contributed by atoms with E-state index in [0.29, 0.717) is 6.42 Å². The molecule has 0 saturated carbocycles. The molecule has 0 aliphatic rings. The lowest BCUT2D eigenvalue weighted by Gasteiger charge is -2.14. The number of hydrogen-bond donors (Lipinski definition) is 3. The molecule has 10 heteroatoms. The van der Waals surface area contributed by atoms with Crippen molar-refractivity contribution in [2.24, 2.45) is 0 Å². The van der Waals surface area contributed by atoms with Crippen molar-refractivity contribution in [3.63, 3.8) is 0 Å². The van der Waals surface area contributed by atoms with E-state index in [0.717, 1.165) is 0 Å². The van der Waals surface area contributed by atoms with Crippen LogP contribution in [0.5, 0.6) is 0 Å². The first-order valence-corrected chi connectivity index (χ1v) is 9.45. The standard InChI is InChI=1S/C16H23N3O6S/c1-5-10(2)19-26(23,24)13-8-6-12(7-9-13)15(21)25-11(3)14(20)18-16(22)17-4/h6-11,19H,5H2,1-4H3,(H2,17,18,20,22)/t10-,11+/m0/s1. The Morgan fingerprint density at radius 1 is 1.12 bits per heavy atom. The van der Waals surface area contributed by atoms with E-state index in [1.54, 1.807) is 6.92 Å². The molecule has 0 aromatic heterocycles. The minimum atomic E-state index is -3.68. The summed E-state index contributed by atoms with van der Waals surface area (Å²) in [6.45, 7) is 4.91. The van der Waals surface area contributed by atoms with Crippen LogP contribution in [-0.2, 0) is 19.6 Å². The van der Waals surface area contributed by atoms with Gasteiger partial charge in [-0.3, -0.25) is 10.1 Å². The Balaban J connectivity index is 2.77. The fourth-order valence-electron chi connectivity index (χ4n) is 1.74. The molecule has 3 amide bonds. The van der Waals surface area contributed by atoms with E-state index < -0.39 is 34.0 Å². The van der Waals surface area contributed by atoms with Crippen molar-refractivity contribution in [3.05, 3.63) is 29.8 Å². The van der Waals surface area contributed by atoms with Gasteiger partial charge in [-0.15, -0.1) is 0 Å². The van der Waals surface area contributed by atoms with Gasteiger partial charge in [-0.25, -0.2) is 22.7 Å². The third-order valence-corrected chi connectivity index (χ3v) is 5.09. The number of benzene rings is 1. The van der Waals surface area contributed by atoms with E-state index in [1.807, 2.05) is 12.2 Å². The van der Waals surface area contributed by atoms with Crippen molar-refractivity contribution >= 4 is 27.9 Å². The summed E-state index contributed by atoms with van der Waals surface area (Å²) >= 11 is 0. The Kier molecular flexibility index (Phi) is 7.72. The van der Waals surface area contributed by atoms with Gasteiger partial charge in [-0.1, -0.05) is 6.92 Å². The summed E-state index contributed by atoms with van der Waals surface area (Å²) in [5, 5.41) is 4.18. The van der Waals surface area contributed by atoms with Crippen molar-refractivity contribution in [3.8, 4) is 0 Å². The third kappa shape index (κ3) is 6.12. The predicted molar refractivity (Wildman–Crippen MR) is 94.0 cm³/mol. The highest BCUT2D eigenvalue weighted by Crippen LogP contribution is 2.13. The van der Waals surface area contributed by atoms with Crippen LogP contribution < -0.4 is 15.4 Å². The summed E-state index contributed by atoms with van der Waals surface area (Å²) in [6.07, 6.45) is -0.560. The number of hydrogen-bond acceptors (Lipinski definition) is 6. The number of ether oxygens (including phenoxy) is 1. The Morgan fingerprint density at radius 2 is 1.69 bits per heavy atom. The largest absolute Gasteiger partial charge is 0.449 e. The number of carbonyl (C=O) groups excluding carboxylic acids is 3. The fourth-order valence-corrected chi connectivity index (χ4v) is 3.07. The van der Waals surface area contributed by atoms with Gasteiger partial charge >= 0.3 is 12.0 Å². The van der Waals surface area contributed by atoms with Crippen LogP contribution in [0.4, 0.5) is 4.79 Å². The highest BCUT2D eigenvalue weighted by Gasteiger charge is 2.21. The lowest BCUT2D eigenvalue weighted by Crippen LogP contribution is -2.43. The second kappa shape index (κ2) is 9.30. The number of urea groups is 1. The molecular weight excluding hydrogens is 362 g/mol. The number of esters is 1. The van der Waals surface area contributed by atoms with Crippen molar-refractivity contribution < 1.29 is 27.5 Å². The summed E-state index contributed by atoms with van der Waals surface area (Å²) in [4.78, 5) is 34.8. The van der Waals surface area contributed by atoms with Crippen LogP contribution >= 0.6 is 0 Å². The first-order valence-electron chi connectivity index (χ1n) is 7.96. The highest BCUT2D eigenvalue weighted by molar-refractivity contribution is 7.89. The molecule has 0 aliphatic carbocycles. The number of amides is 3. The number of imide groups is 1. The van der Waals surface area contributed by atoms with E-state index in [2.05, 4.69) is 10.0 Å². The zero-order chi connectivity index (χ0) is 19.9. The molecule has 0 aliphatic heterocycles. The Hall–Kier alpha value is -2.46. The number of carbonyl (C=O) groups is 3. The zero-order valence-electron chi connectivity index (χ0n) is 15.0. The van der Waals surface area contributed by atoms with Crippen LogP contribution in [0.25, 0.3) is 0 Å². The van der Waals surface area contributed by atoms with Crippen LogP contribution in [0.2, 0.25) is 0 Å². The summed E-state index contributed by atoms with van der Waals surface area (Å²) in [7, 11) is -2.34. The van der Waals surface area contributed by atoms with E-state index >= 15 is 0 Å². The lowest BCUT2D eigenvalue weighted by atomic mass is 10.2. The van der Waals surface area contributed by atoms with Gasteiger partial charge in [-0.2, -0.15) is 0 Å². The van der Waals surface area contributed by atoms with E-state index in [1.165, 1.54) is 38.2 Å². The normalized spacial score (nSPS) is 13.4. The Morgan fingerprint density at radius 3 is 2.19 bits per heavy atom. The molecule has 0 unspecified atom stereocenters. The molecule has 0 heterocycles. The number of nitrogens with one attached hydrogen (secondary N) is 3. The monoisotopic (exact) mass is 385 g/mol. The topological polar surface area (TPSA) is 131 Å². The van der Waals surface area contributed by atoms with Gasteiger partial charge in [-0.05, 0) is 44.5 Å². The van der Waals surface area contributed by atoms with Crippen LogP contribution in [0, 0.1) is 0 Å². The number of sulfonamides is 1. The van der Waals surface area contributed by atoms with Gasteiger partial charge in [0.1, 0.15) is 0 Å². The van der Waals surface area contributed by atoms with E-state index in [9.17, 15) is 22.8 Å².